The maximum absolute atomic E-state index is 12.3. The largest absolute Gasteiger partial charge is 0.507 e. The normalized spacial score (nSPS) is 18.6. The van der Waals surface area contributed by atoms with E-state index in [1.165, 1.54) is 18.0 Å². The summed E-state index contributed by atoms with van der Waals surface area (Å²) in [7, 11) is 0. The number of amides is 1. The van der Waals surface area contributed by atoms with Gasteiger partial charge in [0.25, 0.3) is 5.76 Å². The van der Waals surface area contributed by atoms with Gasteiger partial charge in [0.15, 0.2) is 5.17 Å². The summed E-state index contributed by atoms with van der Waals surface area (Å²) in [6.45, 7) is 0. The smallest absolute Gasteiger partial charge is 0.288 e. The van der Waals surface area contributed by atoms with Crippen molar-refractivity contribution in [2.75, 3.05) is 0 Å². The molecule has 1 fully saturated rings. The first-order valence-electron chi connectivity index (χ1n) is 7.91. The van der Waals surface area contributed by atoms with E-state index in [0.717, 1.165) is 5.56 Å². The number of nitrogens with zero attached hydrogens (tertiary/aromatic N) is 2. The maximum atomic E-state index is 12.3. The second-order valence-corrected chi connectivity index (χ2v) is 7.79. The predicted octanol–water partition coefficient (Wildman–Crippen LogP) is 3.87. The molecule has 0 spiro atoms. The zero-order valence-electron chi connectivity index (χ0n) is 13.9. The standard InChI is InChI=1S/C18H15F2N3O2S2/c19-17(20)26-13-7-5-11(6-8-13)9-15-16(25)22-18(27-15)23-21-10-12-3-1-2-4-14(12)24/h1-8,10,15,17,24H,9H2,(H,22,23,25)/b21-10-/t15-/m0/s1. The molecule has 5 nitrogen and oxygen atoms in total. The predicted molar refractivity (Wildman–Crippen MR) is 105 cm³/mol. The highest BCUT2D eigenvalue weighted by Gasteiger charge is 2.30. The molecular formula is C18H15F2N3O2S2. The first-order chi connectivity index (χ1) is 13.0. The average molecular weight is 407 g/mol. The number of aromatic hydroxyl groups is 1. The van der Waals surface area contributed by atoms with Crippen molar-refractivity contribution < 1.29 is 18.7 Å². The SMILES string of the molecule is O=C1N/C(=N\N=C/c2ccccc2O)S[C@H]1Cc1ccc(SC(F)F)cc1. The molecule has 1 atom stereocenters. The van der Waals surface area contributed by atoms with Crippen LogP contribution in [0.25, 0.3) is 0 Å². The fourth-order valence-corrected chi connectivity index (χ4v) is 3.81. The third-order valence-corrected chi connectivity index (χ3v) is 5.42. The van der Waals surface area contributed by atoms with Crippen LogP contribution in [0, 0.1) is 0 Å². The van der Waals surface area contributed by atoms with Crippen molar-refractivity contribution in [3.63, 3.8) is 0 Å². The number of halogens is 2. The molecule has 1 heterocycles. The van der Waals surface area contributed by atoms with Crippen molar-refractivity contribution in [3.05, 3.63) is 59.7 Å². The molecule has 1 saturated heterocycles. The van der Waals surface area contributed by atoms with Gasteiger partial charge in [-0.05, 0) is 36.2 Å². The Hall–Kier alpha value is -2.39. The van der Waals surface area contributed by atoms with Crippen molar-refractivity contribution in [2.24, 2.45) is 10.2 Å². The Morgan fingerprint density at radius 2 is 1.96 bits per heavy atom. The van der Waals surface area contributed by atoms with Gasteiger partial charge in [0.2, 0.25) is 5.91 Å². The van der Waals surface area contributed by atoms with Gasteiger partial charge in [0, 0.05) is 10.5 Å². The quantitative estimate of drug-likeness (QED) is 0.433. The molecule has 1 aliphatic heterocycles. The number of amidine groups is 1. The minimum Gasteiger partial charge on any atom is -0.507 e. The van der Waals surface area contributed by atoms with E-state index < -0.39 is 5.76 Å². The second-order valence-electron chi connectivity index (χ2n) is 5.53. The number of phenols is 1. The number of rotatable bonds is 6. The first-order valence-corrected chi connectivity index (χ1v) is 9.67. The minimum absolute atomic E-state index is 0.0934. The highest BCUT2D eigenvalue weighted by Crippen LogP contribution is 2.27. The number of benzene rings is 2. The van der Waals surface area contributed by atoms with Gasteiger partial charge >= 0.3 is 0 Å². The second kappa shape index (κ2) is 9.01. The van der Waals surface area contributed by atoms with Crippen LogP contribution in [0.4, 0.5) is 8.78 Å². The monoisotopic (exact) mass is 407 g/mol. The summed E-state index contributed by atoms with van der Waals surface area (Å²) in [5, 5.41) is 20.2. The molecule has 2 N–H and O–H groups in total. The number of hydrogen-bond acceptors (Lipinski definition) is 6. The first kappa shape index (κ1) is 19.4. The zero-order chi connectivity index (χ0) is 19.2. The van der Waals surface area contributed by atoms with Gasteiger partial charge < -0.3 is 10.4 Å². The number of nitrogens with one attached hydrogen (secondary N) is 1. The van der Waals surface area contributed by atoms with Crippen LogP contribution in [0.15, 0.2) is 63.6 Å². The number of carbonyl (C=O) groups excluding carboxylic acids is 1. The molecule has 2 aromatic carbocycles. The van der Waals surface area contributed by atoms with Crippen molar-refractivity contribution in [3.8, 4) is 5.75 Å². The molecule has 3 rings (SSSR count). The lowest BCUT2D eigenvalue weighted by molar-refractivity contribution is -0.118. The summed E-state index contributed by atoms with van der Waals surface area (Å²) in [5.41, 5.74) is 1.40. The van der Waals surface area contributed by atoms with E-state index >= 15 is 0 Å². The number of para-hydroxylation sites is 1. The van der Waals surface area contributed by atoms with E-state index in [1.54, 1.807) is 48.5 Å². The Labute approximate surface area is 163 Å². The molecule has 9 heteroatoms. The minimum atomic E-state index is -2.45. The highest BCUT2D eigenvalue weighted by molar-refractivity contribution is 8.15. The fourth-order valence-electron chi connectivity index (χ4n) is 2.35. The number of thioether (sulfide) groups is 2. The number of alkyl halides is 2. The summed E-state index contributed by atoms with van der Waals surface area (Å²) < 4.78 is 24.7. The molecule has 27 heavy (non-hydrogen) atoms. The van der Waals surface area contributed by atoms with Crippen LogP contribution in [-0.2, 0) is 11.2 Å². The van der Waals surface area contributed by atoms with Crippen LogP contribution >= 0.6 is 23.5 Å². The van der Waals surface area contributed by atoms with Crippen LogP contribution in [0.1, 0.15) is 11.1 Å². The molecular weight excluding hydrogens is 392 g/mol. The maximum Gasteiger partial charge on any atom is 0.288 e. The van der Waals surface area contributed by atoms with Gasteiger partial charge in [0.1, 0.15) is 5.75 Å². The molecule has 0 aromatic heterocycles. The zero-order valence-corrected chi connectivity index (χ0v) is 15.5. The van der Waals surface area contributed by atoms with Crippen molar-refractivity contribution in [1.82, 2.24) is 5.32 Å². The Morgan fingerprint density at radius 3 is 2.67 bits per heavy atom. The number of carbonyl (C=O) groups is 1. The van der Waals surface area contributed by atoms with Crippen LogP contribution in [-0.4, -0.2) is 33.4 Å². The Kier molecular flexibility index (Phi) is 6.46. The van der Waals surface area contributed by atoms with Crippen LogP contribution in [0.2, 0.25) is 0 Å². The van der Waals surface area contributed by atoms with Crippen LogP contribution in [0.5, 0.6) is 5.75 Å². The van der Waals surface area contributed by atoms with E-state index in [0.29, 0.717) is 33.8 Å². The number of hydrogen-bond donors (Lipinski definition) is 2. The van der Waals surface area contributed by atoms with Crippen molar-refractivity contribution >= 4 is 40.8 Å². The summed E-state index contributed by atoms with van der Waals surface area (Å²) in [5.74, 6) is -2.54. The van der Waals surface area contributed by atoms with E-state index in [4.69, 9.17) is 0 Å². The summed E-state index contributed by atoms with van der Waals surface area (Å²) in [6.07, 6.45) is 1.86. The van der Waals surface area contributed by atoms with Crippen LogP contribution in [0.3, 0.4) is 0 Å². The van der Waals surface area contributed by atoms with Gasteiger partial charge in [0.05, 0.1) is 11.5 Å². The van der Waals surface area contributed by atoms with Crippen LogP contribution < -0.4 is 5.32 Å². The Morgan fingerprint density at radius 1 is 1.22 bits per heavy atom. The molecule has 0 radical (unpaired) electrons. The number of phenolic OH excluding ortho intramolecular Hbond substituents is 1. The van der Waals surface area contributed by atoms with E-state index in [9.17, 15) is 18.7 Å². The van der Waals surface area contributed by atoms with Gasteiger partial charge in [-0.1, -0.05) is 47.8 Å². The Bertz CT molecular complexity index is 873. The molecule has 1 amide bonds. The molecule has 0 aliphatic carbocycles. The summed E-state index contributed by atoms with van der Waals surface area (Å²) >= 11 is 1.74. The summed E-state index contributed by atoms with van der Waals surface area (Å²) in [6, 6.07) is 13.4. The topological polar surface area (TPSA) is 74.0 Å². The van der Waals surface area contributed by atoms with Gasteiger partial charge in [-0.15, -0.1) is 5.10 Å². The molecule has 2 aromatic rings. The average Bonchev–Trinajstić information content (AvgIpc) is 2.97. The van der Waals surface area contributed by atoms with Crippen molar-refractivity contribution in [1.29, 1.82) is 0 Å². The summed E-state index contributed by atoms with van der Waals surface area (Å²) in [4.78, 5) is 12.6. The molecule has 140 valence electrons. The lowest BCUT2D eigenvalue weighted by atomic mass is 10.1. The van der Waals surface area contributed by atoms with Gasteiger partial charge in [-0.3, -0.25) is 4.79 Å². The van der Waals surface area contributed by atoms with Crippen molar-refractivity contribution in [2.45, 2.75) is 22.3 Å². The van der Waals surface area contributed by atoms with Gasteiger partial charge in [-0.2, -0.15) is 13.9 Å². The molecule has 0 saturated carbocycles. The third kappa shape index (κ3) is 5.54. The lowest BCUT2D eigenvalue weighted by Crippen LogP contribution is -2.25. The lowest BCUT2D eigenvalue weighted by Gasteiger charge is -2.06. The van der Waals surface area contributed by atoms with E-state index in [1.807, 2.05) is 0 Å². The molecule has 0 bridgehead atoms. The van der Waals surface area contributed by atoms with E-state index in [2.05, 4.69) is 15.5 Å². The van der Waals surface area contributed by atoms with E-state index in [-0.39, 0.29) is 16.9 Å². The molecule has 1 aliphatic rings. The van der Waals surface area contributed by atoms with Gasteiger partial charge in [-0.25, -0.2) is 0 Å². The fraction of sp³-hybridized carbons (Fsp3) is 0.167. The Balaban J connectivity index is 1.59. The highest BCUT2D eigenvalue weighted by atomic mass is 32.2. The third-order valence-electron chi connectivity index (χ3n) is 3.63. The molecule has 0 unspecified atom stereocenters.